The monoisotopic (exact) mass is 468 g/mol. The van der Waals surface area contributed by atoms with E-state index in [1.807, 2.05) is 41.9 Å². The normalized spacial score (nSPS) is 20.7. The molecule has 2 unspecified atom stereocenters. The SMILES string of the molecule is CCCCCC1CN(CC(=O)N2CCCC(C(O)O)C2)C(=O)c2cc(-c3ccc(C)cc3)nn21. The minimum Gasteiger partial charge on any atom is -0.368 e. The fraction of sp³-hybridized carbons (Fsp3) is 0.577. The van der Waals surface area contributed by atoms with E-state index in [1.165, 1.54) is 5.56 Å². The number of piperidine rings is 1. The molecule has 1 aromatic heterocycles. The van der Waals surface area contributed by atoms with E-state index < -0.39 is 6.29 Å². The van der Waals surface area contributed by atoms with Gasteiger partial charge in [0.05, 0.1) is 11.7 Å². The fourth-order valence-corrected chi connectivity index (χ4v) is 5.00. The maximum Gasteiger partial charge on any atom is 0.272 e. The van der Waals surface area contributed by atoms with Crippen LogP contribution in [0.3, 0.4) is 0 Å². The Bertz CT molecular complexity index is 1000. The van der Waals surface area contributed by atoms with Gasteiger partial charge in [0.25, 0.3) is 5.91 Å². The van der Waals surface area contributed by atoms with Gasteiger partial charge < -0.3 is 20.0 Å². The highest BCUT2D eigenvalue weighted by Gasteiger charge is 2.35. The van der Waals surface area contributed by atoms with E-state index in [1.54, 1.807) is 9.80 Å². The molecule has 2 aromatic rings. The molecule has 3 heterocycles. The van der Waals surface area contributed by atoms with Crippen molar-refractivity contribution in [3.05, 3.63) is 41.6 Å². The first-order valence-electron chi connectivity index (χ1n) is 12.5. The van der Waals surface area contributed by atoms with Crippen LogP contribution in [0.25, 0.3) is 11.3 Å². The zero-order valence-corrected chi connectivity index (χ0v) is 20.2. The maximum atomic E-state index is 13.4. The summed E-state index contributed by atoms with van der Waals surface area (Å²) in [6.45, 7) is 5.56. The maximum absolute atomic E-state index is 13.4. The van der Waals surface area contributed by atoms with Crippen LogP contribution in [0, 0.1) is 12.8 Å². The lowest BCUT2D eigenvalue weighted by molar-refractivity contribution is -0.140. The third kappa shape index (κ3) is 5.33. The number of fused-ring (bicyclic) bond motifs is 1. The zero-order valence-electron chi connectivity index (χ0n) is 20.2. The molecule has 0 aliphatic carbocycles. The molecule has 2 amide bonds. The molecule has 1 saturated heterocycles. The van der Waals surface area contributed by atoms with Gasteiger partial charge in [0.15, 0.2) is 6.29 Å². The molecule has 2 aliphatic heterocycles. The van der Waals surface area contributed by atoms with Crippen molar-refractivity contribution < 1.29 is 19.8 Å². The second-order valence-corrected chi connectivity index (χ2v) is 9.72. The van der Waals surface area contributed by atoms with E-state index in [4.69, 9.17) is 5.10 Å². The van der Waals surface area contributed by atoms with Crippen molar-refractivity contribution in [3.63, 3.8) is 0 Å². The Morgan fingerprint density at radius 2 is 1.94 bits per heavy atom. The second-order valence-electron chi connectivity index (χ2n) is 9.72. The summed E-state index contributed by atoms with van der Waals surface area (Å²) >= 11 is 0. The van der Waals surface area contributed by atoms with Crippen molar-refractivity contribution in [2.45, 2.75) is 64.7 Å². The molecule has 0 spiro atoms. The number of likely N-dealkylation sites (tertiary alicyclic amines) is 1. The lowest BCUT2D eigenvalue weighted by atomic mass is 9.97. The van der Waals surface area contributed by atoms with E-state index in [0.717, 1.165) is 43.4 Å². The Hall–Kier alpha value is -2.71. The average Bonchev–Trinajstić information content (AvgIpc) is 3.28. The lowest BCUT2D eigenvalue weighted by Gasteiger charge is -2.37. The molecule has 34 heavy (non-hydrogen) atoms. The van der Waals surface area contributed by atoms with Crippen LogP contribution in [0.2, 0.25) is 0 Å². The number of nitrogens with zero attached hydrogens (tertiary/aromatic N) is 4. The number of carbonyl (C=O) groups is 2. The van der Waals surface area contributed by atoms with Crippen LogP contribution in [-0.2, 0) is 4.79 Å². The van der Waals surface area contributed by atoms with Gasteiger partial charge in [0.1, 0.15) is 12.2 Å². The Morgan fingerprint density at radius 3 is 2.65 bits per heavy atom. The van der Waals surface area contributed by atoms with Crippen molar-refractivity contribution >= 4 is 11.8 Å². The van der Waals surface area contributed by atoms with E-state index >= 15 is 0 Å². The number of aliphatic hydroxyl groups is 2. The summed E-state index contributed by atoms with van der Waals surface area (Å²) in [5.74, 6) is -0.658. The summed E-state index contributed by atoms with van der Waals surface area (Å²) in [5.41, 5.74) is 3.43. The molecule has 0 saturated carbocycles. The highest BCUT2D eigenvalue weighted by atomic mass is 16.5. The van der Waals surface area contributed by atoms with Crippen molar-refractivity contribution in [1.29, 1.82) is 0 Å². The molecule has 2 atom stereocenters. The number of aliphatic hydroxyl groups excluding tert-OH is 1. The first-order valence-corrected chi connectivity index (χ1v) is 12.5. The number of hydrogen-bond donors (Lipinski definition) is 2. The molecule has 0 radical (unpaired) electrons. The van der Waals surface area contributed by atoms with Crippen LogP contribution >= 0.6 is 0 Å². The Balaban J connectivity index is 1.54. The topological polar surface area (TPSA) is 98.9 Å². The number of hydrogen-bond acceptors (Lipinski definition) is 5. The molecule has 0 bridgehead atoms. The first kappa shape index (κ1) is 24.4. The number of amides is 2. The van der Waals surface area contributed by atoms with Crippen LogP contribution in [0.5, 0.6) is 0 Å². The Labute approximate surface area is 201 Å². The van der Waals surface area contributed by atoms with Gasteiger partial charge in [0, 0.05) is 31.1 Å². The smallest absolute Gasteiger partial charge is 0.272 e. The third-order valence-electron chi connectivity index (χ3n) is 7.07. The molecule has 1 aromatic carbocycles. The van der Waals surface area contributed by atoms with Gasteiger partial charge in [-0.15, -0.1) is 0 Å². The number of aryl methyl sites for hydroxylation is 1. The number of benzene rings is 1. The number of carbonyl (C=O) groups excluding carboxylic acids is 2. The summed E-state index contributed by atoms with van der Waals surface area (Å²) < 4.78 is 1.87. The van der Waals surface area contributed by atoms with Gasteiger partial charge >= 0.3 is 0 Å². The van der Waals surface area contributed by atoms with Crippen LogP contribution in [-0.4, -0.2) is 74.1 Å². The third-order valence-corrected chi connectivity index (χ3v) is 7.07. The molecule has 2 N–H and O–H groups in total. The molecule has 8 heteroatoms. The Morgan fingerprint density at radius 1 is 1.18 bits per heavy atom. The quantitative estimate of drug-likeness (QED) is 0.458. The Kier molecular flexibility index (Phi) is 7.68. The van der Waals surface area contributed by atoms with Crippen molar-refractivity contribution in [1.82, 2.24) is 19.6 Å². The summed E-state index contributed by atoms with van der Waals surface area (Å²) in [7, 11) is 0. The zero-order chi connectivity index (χ0) is 24.2. The van der Waals surface area contributed by atoms with Gasteiger partial charge in [-0.25, -0.2) is 0 Å². The number of rotatable bonds is 8. The summed E-state index contributed by atoms with van der Waals surface area (Å²) in [6, 6.07) is 9.98. The van der Waals surface area contributed by atoms with Crippen molar-refractivity contribution in [2.75, 3.05) is 26.2 Å². The van der Waals surface area contributed by atoms with Gasteiger partial charge in [-0.2, -0.15) is 5.10 Å². The minimum absolute atomic E-state index is 0.00238. The molecule has 2 aliphatic rings. The largest absolute Gasteiger partial charge is 0.368 e. The van der Waals surface area contributed by atoms with E-state index in [-0.39, 0.29) is 30.3 Å². The molecular formula is C26H36N4O4. The summed E-state index contributed by atoms with van der Waals surface area (Å²) in [5, 5.41) is 23.9. The molecule has 184 valence electrons. The van der Waals surface area contributed by atoms with E-state index in [2.05, 4.69) is 6.92 Å². The highest BCUT2D eigenvalue weighted by molar-refractivity contribution is 5.96. The highest BCUT2D eigenvalue weighted by Crippen LogP contribution is 2.30. The first-order chi connectivity index (χ1) is 16.4. The van der Waals surface area contributed by atoms with E-state index in [9.17, 15) is 19.8 Å². The lowest BCUT2D eigenvalue weighted by Crippen LogP contribution is -2.51. The predicted molar refractivity (Wildman–Crippen MR) is 129 cm³/mol. The summed E-state index contributed by atoms with van der Waals surface area (Å²) in [4.78, 5) is 29.8. The minimum atomic E-state index is -1.43. The van der Waals surface area contributed by atoms with Gasteiger partial charge in [-0.05, 0) is 32.3 Å². The molecule has 4 rings (SSSR count). The number of unbranched alkanes of at least 4 members (excludes halogenated alkanes) is 2. The van der Waals surface area contributed by atoms with Gasteiger partial charge in [-0.1, -0.05) is 56.0 Å². The number of aromatic nitrogens is 2. The predicted octanol–water partition coefficient (Wildman–Crippen LogP) is 2.99. The molecular weight excluding hydrogens is 432 g/mol. The van der Waals surface area contributed by atoms with Crippen molar-refractivity contribution in [3.8, 4) is 11.3 Å². The van der Waals surface area contributed by atoms with Crippen LogP contribution in [0.1, 0.15) is 67.5 Å². The van der Waals surface area contributed by atoms with Crippen molar-refractivity contribution in [2.24, 2.45) is 5.92 Å². The average molecular weight is 469 g/mol. The van der Waals surface area contributed by atoms with Crippen LogP contribution in [0.4, 0.5) is 0 Å². The summed E-state index contributed by atoms with van der Waals surface area (Å²) in [6.07, 6.45) is 4.16. The van der Waals surface area contributed by atoms with Gasteiger partial charge in [0.2, 0.25) is 5.91 Å². The van der Waals surface area contributed by atoms with Gasteiger partial charge in [-0.3, -0.25) is 14.3 Å². The standard InChI is InChI=1S/C26H36N4O4/c1-3-4-5-8-21-16-29(17-24(31)28-13-6-7-20(15-28)26(33)34)25(32)23-14-22(27-30(21)23)19-11-9-18(2)10-12-19/h9-12,14,20-21,26,33-34H,3-8,13,15-17H2,1-2H3. The molecule has 8 nitrogen and oxygen atoms in total. The van der Waals surface area contributed by atoms with E-state index in [0.29, 0.717) is 31.7 Å². The van der Waals surface area contributed by atoms with Crippen LogP contribution in [0.15, 0.2) is 30.3 Å². The fourth-order valence-electron chi connectivity index (χ4n) is 5.00. The van der Waals surface area contributed by atoms with Crippen LogP contribution < -0.4 is 0 Å². The molecule has 1 fully saturated rings. The second kappa shape index (κ2) is 10.7.